The van der Waals surface area contributed by atoms with Crippen LogP contribution < -0.4 is 20.9 Å². The van der Waals surface area contributed by atoms with Gasteiger partial charge in [0.2, 0.25) is 5.91 Å². The zero-order valence-electron chi connectivity index (χ0n) is 16.2. The fraction of sp³-hybridized carbons (Fsp3) is 0.227. The second kappa shape index (κ2) is 7.68. The Kier molecular flexibility index (Phi) is 4.92. The minimum atomic E-state index is 0.00197. The fourth-order valence-electron chi connectivity index (χ4n) is 3.94. The summed E-state index contributed by atoms with van der Waals surface area (Å²) in [6.07, 6.45) is 4.26. The van der Waals surface area contributed by atoms with Crippen LogP contribution in [-0.2, 0) is 11.2 Å². The summed E-state index contributed by atoms with van der Waals surface area (Å²) in [6, 6.07) is 12.1. The lowest BCUT2D eigenvalue weighted by Crippen LogP contribution is -2.16. The Labute approximate surface area is 169 Å². The van der Waals surface area contributed by atoms with Crippen molar-refractivity contribution in [3.8, 4) is 6.07 Å². The number of carbonyl (C=O) groups is 1. The Hall–Kier alpha value is -3.79. The molecule has 4 rings (SSSR count). The number of rotatable bonds is 4. The number of allylic oxidation sites excluding steroid dienone is 1. The molecule has 2 aliphatic rings. The second-order valence-corrected chi connectivity index (χ2v) is 7.00. The highest BCUT2D eigenvalue weighted by atomic mass is 16.1. The van der Waals surface area contributed by atoms with Gasteiger partial charge in [-0.3, -0.25) is 4.79 Å². The van der Waals surface area contributed by atoms with Gasteiger partial charge in [-0.05, 0) is 36.2 Å². The van der Waals surface area contributed by atoms with Crippen LogP contribution >= 0.6 is 0 Å². The van der Waals surface area contributed by atoms with E-state index in [4.69, 9.17) is 5.41 Å². The molecule has 146 valence electrons. The Bertz CT molecular complexity index is 1070. The highest BCUT2D eigenvalue weighted by Crippen LogP contribution is 2.43. The highest BCUT2D eigenvalue weighted by Gasteiger charge is 2.27. The number of amides is 1. The van der Waals surface area contributed by atoms with E-state index in [1.165, 1.54) is 6.21 Å². The summed E-state index contributed by atoms with van der Waals surface area (Å²) in [7, 11) is 1.78. The van der Waals surface area contributed by atoms with Crippen LogP contribution in [0.3, 0.4) is 0 Å². The van der Waals surface area contributed by atoms with Gasteiger partial charge in [-0.2, -0.15) is 5.26 Å². The predicted molar refractivity (Wildman–Crippen MR) is 116 cm³/mol. The molecular formula is C22H22N6O. The number of carbonyl (C=O) groups excluding carboxylic acids is 1. The van der Waals surface area contributed by atoms with Crippen LogP contribution in [0.4, 0.5) is 22.7 Å². The first-order valence-corrected chi connectivity index (χ1v) is 9.56. The Morgan fingerprint density at radius 1 is 1.31 bits per heavy atom. The number of nitriles is 1. The number of nitrogens with one attached hydrogen (secondary N) is 4. The third kappa shape index (κ3) is 3.29. The maximum absolute atomic E-state index is 11.9. The summed E-state index contributed by atoms with van der Waals surface area (Å²) < 4.78 is 0. The van der Waals surface area contributed by atoms with Crippen molar-refractivity contribution in [2.24, 2.45) is 0 Å². The monoisotopic (exact) mass is 386 g/mol. The van der Waals surface area contributed by atoms with Gasteiger partial charge in [-0.15, -0.1) is 0 Å². The molecule has 0 aliphatic carbocycles. The average molecular weight is 386 g/mol. The summed E-state index contributed by atoms with van der Waals surface area (Å²) in [6.45, 7) is 1.36. The number of benzene rings is 2. The molecule has 2 aromatic carbocycles. The molecule has 0 radical (unpaired) electrons. The SMILES string of the molecule is CN/C=C(\C=N)c1cc2c(cc1C#N)N(c1cccc3c1NCCC(=O)N3)CC2. The van der Waals surface area contributed by atoms with E-state index in [9.17, 15) is 10.1 Å². The molecule has 0 fully saturated rings. The molecule has 0 aromatic heterocycles. The van der Waals surface area contributed by atoms with Crippen LogP contribution in [0.25, 0.3) is 5.57 Å². The number of nitrogens with zero attached hydrogens (tertiary/aromatic N) is 2. The number of anilines is 4. The number of hydrogen-bond donors (Lipinski definition) is 4. The van der Waals surface area contributed by atoms with Crippen molar-refractivity contribution in [1.29, 1.82) is 10.7 Å². The highest BCUT2D eigenvalue weighted by molar-refractivity contribution is 6.09. The molecule has 7 heteroatoms. The quantitative estimate of drug-likeness (QED) is 0.604. The van der Waals surface area contributed by atoms with Gasteiger partial charge < -0.3 is 26.3 Å². The van der Waals surface area contributed by atoms with Crippen molar-refractivity contribution in [2.75, 3.05) is 35.7 Å². The van der Waals surface area contributed by atoms with Crippen LogP contribution in [-0.4, -0.2) is 32.3 Å². The molecule has 2 aromatic rings. The number of fused-ring (bicyclic) bond motifs is 2. The molecule has 0 saturated heterocycles. The molecule has 7 nitrogen and oxygen atoms in total. The molecule has 0 unspecified atom stereocenters. The second-order valence-electron chi connectivity index (χ2n) is 7.00. The lowest BCUT2D eigenvalue weighted by atomic mass is 9.97. The minimum Gasteiger partial charge on any atom is -0.393 e. The fourth-order valence-corrected chi connectivity index (χ4v) is 3.94. The zero-order valence-corrected chi connectivity index (χ0v) is 16.2. The van der Waals surface area contributed by atoms with Crippen molar-refractivity contribution >= 4 is 40.4 Å². The van der Waals surface area contributed by atoms with E-state index in [2.05, 4.69) is 26.9 Å². The van der Waals surface area contributed by atoms with Crippen LogP contribution in [0.1, 0.15) is 23.1 Å². The van der Waals surface area contributed by atoms with Crippen molar-refractivity contribution in [1.82, 2.24) is 5.32 Å². The summed E-state index contributed by atoms with van der Waals surface area (Å²) in [5.41, 5.74) is 6.76. The standard InChI is InChI=1S/C22H22N6O/c1-25-13-16(12-24)17-9-14-6-8-28(20(14)10-15(17)11-23)19-4-2-3-18-22(19)26-7-5-21(29)27-18/h2-4,9-10,12-13,24-26H,5-8H2,1H3,(H,27,29)/b16-13+,24-12?. The summed E-state index contributed by atoms with van der Waals surface area (Å²) >= 11 is 0. The third-order valence-electron chi connectivity index (χ3n) is 5.26. The Morgan fingerprint density at radius 2 is 2.17 bits per heavy atom. The minimum absolute atomic E-state index is 0.00197. The largest absolute Gasteiger partial charge is 0.393 e. The molecular weight excluding hydrogens is 364 g/mol. The van der Waals surface area contributed by atoms with Crippen LogP contribution in [0.2, 0.25) is 0 Å². The Morgan fingerprint density at radius 3 is 2.93 bits per heavy atom. The number of hydrogen-bond acceptors (Lipinski definition) is 6. The van der Waals surface area contributed by atoms with Gasteiger partial charge in [0.15, 0.2) is 0 Å². The van der Waals surface area contributed by atoms with Crippen molar-refractivity contribution < 1.29 is 4.79 Å². The van der Waals surface area contributed by atoms with E-state index in [0.29, 0.717) is 24.1 Å². The van der Waals surface area contributed by atoms with Gasteiger partial charge >= 0.3 is 0 Å². The van der Waals surface area contributed by atoms with E-state index in [0.717, 1.165) is 46.8 Å². The molecule has 2 aliphatic heterocycles. The first kappa shape index (κ1) is 18.6. The molecule has 0 bridgehead atoms. The molecule has 0 spiro atoms. The average Bonchev–Trinajstić information content (AvgIpc) is 3.04. The zero-order chi connectivity index (χ0) is 20.4. The molecule has 4 N–H and O–H groups in total. The summed E-state index contributed by atoms with van der Waals surface area (Å²) in [5.74, 6) is 0.00197. The maximum Gasteiger partial charge on any atom is 0.226 e. The molecule has 2 heterocycles. The van der Waals surface area contributed by atoms with E-state index in [1.807, 2.05) is 30.3 Å². The summed E-state index contributed by atoms with van der Waals surface area (Å²) in [5, 5.41) is 26.7. The van der Waals surface area contributed by atoms with E-state index in [-0.39, 0.29) is 5.91 Å². The van der Waals surface area contributed by atoms with Gasteiger partial charge in [0.05, 0.1) is 28.7 Å². The predicted octanol–water partition coefficient (Wildman–Crippen LogP) is 3.22. The Balaban J connectivity index is 1.80. The van der Waals surface area contributed by atoms with Crippen molar-refractivity contribution in [2.45, 2.75) is 12.8 Å². The van der Waals surface area contributed by atoms with Crippen LogP contribution in [0.15, 0.2) is 36.5 Å². The van der Waals surface area contributed by atoms with E-state index in [1.54, 1.807) is 13.2 Å². The van der Waals surface area contributed by atoms with E-state index < -0.39 is 0 Å². The lowest BCUT2D eigenvalue weighted by Gasteiger charge is -2.24. The van der Waals surface area contributed by atoms with Crippen molar-refractivity contribution in [3.63, 3.8) is 0 Å². The topological polar surface area (TPSA) is 104 Å². The van der Waals surface area contributed by atoms with Crippen LogP contribution in [0, 0.1) is 16.7 Å². The number of para-hydroxylation sites is 1. The first-order valence-electron chi connectivity index (χ1n) is 9.56. The first-order chi connectivity index (χ1) is 14.2. The molecule has 0 atom stereocenters. The summed E-state index contributed by atoms with van der Waals surface area (Å²) in [4.78, 5) is 14.1. The smallest absolute Gasteiger partial charge is 0.226 e. The van der Waals surface area contributed by atoms with Gasteiger partial charge in [0.1, 0.15) is 0 Å². The van der Waals surface area contributed by atoms with Gasteiger partial charge in [0, 0.05) is 55.8 Å². The molecule has 1 amide bonds. The lowest BCUT2D eigenvalue weighted by molar-refractivity contribution is -0.115. The van der Waals surface area contributed by atoms with E-state index >= 15 is 0 Å². The molecule has 0 saturated carbocycles. The molecule has 29 heavy (non-hydrogen) atoms. The van der Waals surface area contributed by atoms with Crippen LogP contribution in [0.5, 0.6) is 0 Å². The maximum atomic E-state index is 11.9. The van der Waals surface area contributed by atoms with Gasteiger partial charge in [0.25, 0.3) is 0 Å². The van der Waals surface area contributed by atoms with Gasteiger partial charge in [-0.1, -0.05) is 6.07 Å². The normalized spacial score (nSPS) is 15.4. The third-order valence-corrected chi connectivity index (χ3v) is 5.26. The van der Waals surface area contributed by atoms with Gasteiger partial charge in [-0.25, -0.2) is 0 Å². The van der Waals surface area contributed by atoms with Crippen molar-refractivity contribution in [3.05, 3.63) is 53.2 Å².